The highest BCUT2D eigenvalue weighted by Crippen LogP contribution is 2.49. The van der Waals surface area contributed by atoms with Gasteiger partial charge in [0.25, 0.3) is 0 Å². The van der Waals surface area contributed by atoms with Gasteiger partial charge in [0.1, 0.15) is 5.82 Å². The van der Waals surface area contributed by atoms with Crippen molar-refractivity contribution in [3.63, 3.8) is 0 Å². The van der Waals surface area contributed by atoms with Crippen LogP contribution in [0.3, 0.4) is 0 Å². The SMILES string of the molecule is CCOC(=O)C1CC1c1ccc(F)c(NC(=O)[C@H](c2ccc(Cl)cc2)[C@@H](C)C(F)(F)F)c1. The van der Waals surface area contributed by atoms with Crippen LogP contribution >= 0.6 is 11.6 Å². The molecule has 4 nitrogen and oxygen atoms in total. The number of hydrogen-bond acceptors (Lipinski definition) is 3. The van der Waals surface area contributed by atoms with E-state index >= 15 is 0 Å². The summed E-state index contributed by atoms with van der Waals surface area (Å²) in [6.07, 6.45) is -4.13. The fourth-order valence-corrected chi connectivity index (χ4v) is 3.81. The molecule has 0 spiro atoms. The predicted molar refractivity (Wildman–Crippen MR) is 112 cm³/mol. The highest BCUT2D eigenvalue weighted by atomic mass is 35.5. The van der Waals surface area contributed by atoms with Crippen LogP contribution in [-0.4, -0.2) is 24.7 Å². The van der Waals surface area contributed by atoms with Crippen LogP contribution in [0, 0.1) is 17.7 Å². The van der Waals surface area contributed by atoms with Crippen molar-refractivity contribution < 1.29 is 31.9 Å². The molecule has 0 saturated heterocycles. The number of ether oxygens (including phenoxy) is 1. The molecule has 0 aromatic heterocycles. The minimum absolute atomic E-state index is 0.109. The summed E-state index contributed by atoms with van der Waals surface area (Å²) < 4.78 is 59.8. The number of anilines is 1. The molecule has 1 aliphatic rings. The van der Waals surface area contributed by atoms with Crippen molar-refractivity contribution >= 4 is 29.2 Å². The van der Waals surface area contributed by atoms with Gasteiger partial charge < -0.3 is 10.1 Å². The van der Waals surface area contributed by atoms with Gasteiger partial charge in [-0.1, -0.05) is 36.7 Å². The van der Waals surface area contributed by atoms with E-state index in [1.54, 1.807) is 6.92 Å². The van der Waals surface area contributed by atoms with Gasteiger partial charge in [-0.15, -0.1) is 0 Å². The van der Waals surface area contributed by atoms with Crippen molar-refractivity contribution in [3.05, 3.63) is 64.4 Å². The maximum atomic E-state index is 14.4. The zero-order valence-electron chi connectivity index (χ0n) is 17.4. The summed E-state index contributed by atoms with van der Waals surface area (Å²) in [6.45, 7) is 2.84. The Balaban J connectivity index is 1.84. The van der Waals surface area contributed by atoms with E-state index in [9.17, 15) is 27.2 Å². The summed E-state index contributed by atoms with van der Waals surface area (Å²) in [5.41, 5.74) is 0.472. The lowest BCUT2D eigenvalue weighted by molar-refractivity contribution is -0.178. The zero-order valence-corrected chi connectivity index (χ0v) is 18.1. The Labute approximate surface area is 187 Å². The first kappa shape index (κ1) is 24.0. The van der Waals surface area contributed by atoms with E-state index in [2.05, 4.69) is 5.32 Å². The Kier molecular flexibility index (Phi) is 7.12. The van der Waals surface area contributed by atoms with E-state index in [1.807, 2.05) is 0 Å². The van der Waals surface area contributed by atoms with E-state index in [0.717, 1.165) is 13.0 Å². The molecule has 0 heterocycles. The number of nitrogens with one attached hydrogen (secondary N) is 1. The smallest absolute Gasteiger partial charge is 0.392 e. The molecule has 9 heteroatoms. The fourth-order valence-electron chi connectivity index (χ4n) is 3.68. The summed E-state index contributed by atoms with van der Waals surface area (Å²) in [4.78, 5) is 24.8. The molecule has 2 unspecified atom stereocenters. The number of alkyl halides is 3. The first-order valence-electron chi connectivity index (χ1n) is 10.1. The lowest BCUT2D eigenvalue weighted by Gasteiger charge is -2.26. The fraction of sp³-hybridized carbons (Fsp3) is 0.391. The number of carbonyl (C=O) groups is 2. The van der Waals surface area contributed by atoms with Crippen LogP contribution in [0.2, 0.25) is 5.02 Å². The molecule has 0 bridgehead atoms. The molecule has 1 amide bonds. The molecule has 1 fully saturated rings. The maximum absolute atomic E-state index is 14.4. The molecule has 1 saturated carbocycles. The molecule has 1 aliphatic carbocycles. The quantitative estimate of drug-likeness (QED) is 0.394. The van der Waals surface area contributed by atoms with E-state index in [4.69, 9.17) is 16.3 Å². The van der Waals surface area contributed by atoms with Gasteiger partial charge >= 0.3 is 12.1 Å². The second-order valence-electron chi connectivity index (χ2n) is 7.79. The van der Waals surface area contributed by atoms with E-state index in [-0.39, 0.29) is 35.7 Å². The van der Waals surface area contributed by atoms with E-state index in [0.29, 0.717) is 17.0 Å². The number of halogens is 5. The third kappa shape index (κ3) is 5.41. The normalized spacial score (nSPS) is 19.7. The van der Waals surface area contributed by atoms with Crippen LogP contribution in [0.1, 0.15) is 43.2 Å². The van der Waals surface area contributed by atoms with Crippen LogP contribution in [0.15, 0.2) is 42.5 Å². The van der Waals surface area contributed by atoms with Gasteiger partial charge in [0.05, 0.1) is 30.0 Å². The summed E-state index contributed by atoms with van der Waals surface area (Å²) in [7, 11) is 0. The van der Waals surface area contributed by atoms with Crippen LogP contribution < -0.4 is 5.32 Å². The third-order valence-electron chi connectivity index (χ3n) is 5.58. The Bertz CT molecular complexity index is 994. The predicted octanol–water partition coefficient (Wildman–Crippen LogP) is 6.07. The lowest BCUT2D eigenvalue weighted by Crippen LogP contribution is -2.34. The second kappa shape index (κ2) is 9.48. The number of esters is 1. The molecular formula is C23H22ClF4NO3. The first-order valence-corrected chi connectivity index (χ1v) is 10.5. The van der Waals surface area contributed by atoms with Crippen molar-refractivity contribution in [2.75, 3.05) is 11.9 Å². The Morgan fingerprint density at radius 1 is 1.19 bits per heavy atom. The summed E-state index contributed by atoms with van der Waals surface area (Å²) >= 11 is 5.82. The average Bonchev–Trinajstić information content (AvgIpc) is 3.52. The number of hydrogen-bond donors (Lipinski definition) is 1. The van der Waals surface area contributed by atoms with Crippen molar-refractivity contribution in [2.45, 2.75) is 38.3 Å². The van der Waals surface area contributed by atoms with Crippen LogP contribution in [0.4, 0.5) is 23.2 Å². The topological polar surface area (TPSA) is 55.4 Å². The second-order valence-corrected chi connectivity index (χ2v) is 8.23. The van der Waals surface area contributed by atoms with Gasteiger partial charge in [0.2, 0.25) is 5.91 Å². The maximum Gasteiger partial charge on any atom is 0.392 e. The van der Waals surface area contributed by atoms with E-state index < -0.39 is 29.7 Å². The molecule has 4 atom stereocenters. The molecule has 32 heavy (non-hydrogen) atoms. The monoisotopic (exact) mass is 471 g/mol. The largest absolute Gasteiger partial charge is 0.466 e. The van der Waals surface area contributed by atoms with Gasteiger partial charge in [0, 0.05) is 5.02 Å². The molecule has 3 rings (SSSR count). The number of carbonyl (C=O) groups excluding carboxylic acids is 2. The van der Waals surface area contributed by atoms with Crippen molar-refractivity contribution in [3.8, 4) is 0 Å². The molecule has 0 radical (unpaired) electrons. The Morgan fingerprint density at radius 2 is 1.84 bits per heavy atom. The van der Waals surface area contributed by atoms with Gasteiger partial charge in [-0.2, -0.15) is 13.2 Å². The third-order valence-corrected chi connectivity index (χ3v) is 5.84. The van der Waals surface area contributed by atoms with Gasteiger partial charge in [-0.25, -0.2) is 4.39 Å². The molecule has 1 N–H and O–H groups in total. The first-order chi connectivity index (χ1) is 15.0. The van der Waals surface area contributed by atoms with Gasteiger partial charge in [0.15, 0.2) is 0 Å². The molecular weight excluding hydrogens is 450 g/mol. The summed E-state index contributed by atoms with van der Waals surface area (Å²) in [5.74, 6) is -6.30. The lowest BCUT2D eigenvalue weighted by atomic mass is 9.86. The minimum atomic E-state index is -4.65. The standard InChI is InChI=1S/C23H22ClF4NO3/c1-3-32-22(31)17-11-16(17)14-6-9-18(25)19(10-14)29-21(30)20(12(2)23(26,27)28)13-4-7-15(24)8-5-13/h4-10,12,16-17,20H,3,11H2,1-2H3,(H,29,30)/t12-,16?,17?,20+/m1/s1. The average molecular weight is 472 g/mol. The number of rotatable bonds is 7. The van der Waals surface area contributed by atoms with Crippen LogP contribution in [0.5, 0.6) is 0 Å². The van der Waals surface area contributed by atoms with Crippen molar-refractivity contribution in [1.29, 1.82) is 0 Å². The summed E-state index contributed by atoms with van der Waals surface area (Å²) in [5, 5.41) is 2.62. The van der Waals surface area contributed by atoms with Gasteiger partial charge in [-0.3, -0.25) is 9.59 Å². The highest BCUT2D eigenvalue weighted by molar-refractivity contribution is 6.30. The summed E-state index contributed by atoms with van der Waals surface area (Å²) in [6, 6.07) is 9.44. The Morgan fingerprint density at radius 3 is 2.44 bits per heavy atom. The molecule has 0 aliphatic heterocycles. The molecule has 2 aromatic carbocycles. The van der Waals surface area contributed by atoms with Crippen LogP contribution in [-0.2, 0) is 14.3 Å². The zero-order chi connectivity index (χ0) is 23.6. The van der Waals surface area contributed by atoms with Gasteiger partial charge in [-0.05, 0) is 54.7 Å². The van der Waals surface area contributed by atoms with E-state index in [1.165, 1.54) is 36.4 Å². The van der Waals surface area contributed by atoms with Crippen molar-refractivity contribution in [1.82, 2.24) is 0 Å². The molecule has 2 aromatic rings. The number of benzene rings is 2. The Hall–Kier alpha value is -2.61. The molecule has 172 valence electrons. The highest BCUT2D eigenvalue weighted by Gasteiger charge is 2.46. The van der Waals surface area contributed by atoms with Crippen LogP contribution in [0.25, 0.3) is 0 Å². The number of amides is 1. The van der Waals surface area contributed by atoms with Crippen molar-refractivity contribution in [2.24, 2.45) is 11.8 Å². The minimum Gasteiger partial charge on any atom is -0.466 e.